The number of carbonyl (C=O) groups excluding carboxylic acids is 1. The SMILES string of the molecule is CNC1=C(C(=O)c2ccccc2)C=CC=CN1Cc1ccccc1. The maximum atomic E-state index is 12.9. The summed E-state index contributed by atoms with van der Waals surface area (Å²) in [6.45, 7) is 0.695. The van der Waals surface area contributed by atoms with Crippen molar-refractivity contribution in [1.29, 1.82) is 0 Å². The van der Waals surface area contributed by atoms with Crippen molar-refractivity contribution in [3.63, 3.8) is 0 Å². The lowest BCUT2D eigenvalue weighted by molar-refractivity contribution is 0.103. The first-order valence-corrected chi connectivity index (χ1v) is 7.97. The first-order valence-electron chi connectivity index (χ1n) is 7.97. The zero-order chi connectivity index (χ0) is 16.8. The average Bonchev–Trinajstić information content (AvgIpc) is 2.84. The minimum absolute atomic E-state index is 0.0120. The van der Waals surface area contributed by atoms with E-state index in [2.05, 4.69) is 22.3 Å². The van der Waals surface area contributed by atoms with E-state index < -0.39 is 0 Å². The van der Waals surface area contributed by atoms with Crippen molar-refractivity contribution in [2.45, 2.75) is 6.54 Å². The van der Waals surface area contributed by atoms with Gasteiger partial charge in [-0.05, 0) is 17.7 Å². The summed E-state index contributed by atoms with van der Waals surface area (Å²) in [5.74, 6) is 0.815. The van der Waals surface area contributed by atoms with E-state index in [0.717, 1.165) is 5.82 Å². The molecule has 0 bridgehead atoms. The van der Waals surface area contributed by atoms with E-state index in [4.69, 9.17) is 0 Å². The lowest BCUT2D eigenvalue weighted by Gasteiger charge is -2.25. The third kappa shape index (κ3) is 3.46. The van der Waals surface area contributed by atoms with Gasteiger partial charge in [0.2, 0.25) is 0 Å². The smallest absolute Gasteiger partial charge is 0.196 e. The van der Waals surface area contributed by atoms with Gasteiger partial charge < -0.3 is 10.2 Å². The van der Waals surface area contributed by atoms with Crippen molar-refractivity contribution >= 4 is 5.78 Å². The molecule has 0 spiro atoms. The molecule has 0 aliphatic carbocycles. The Morgan fingerprint density at radius 1 is 0.958 bits per heavy atom. The van der Waals surface area contributed by atoms with Crippen molar-refractivity contribution in [2.75, 3.05) is 7.05 Å². The Bertz CT molecular complexity index is 789. The predicted octanol–water partition coefficient (Wildman–Crippen LogP) is 3.89. The maximum Gasteiger partial charge on any atom is 0.196 e. The number of nitrogens with zero attached hydrogens (tertiary/aromatic N) is 1. The second kappa shape index (κ2) is 7.47. The normalized spacial score (nSPS) is 13.8. The Labute approximate surface area is 142 Å². The van der Waals surface area contributed by atoms with Gasteiger partial charge in [-0.15, -0.1) is 0 Å². The molecule has 1 heterocycles. The van der Waals surface area contributed by atoms with E-state index in [1.54, 1.807) is 0 Å². The zero-order valence-corrected chi connectivity index (χ0v) is 13.6. The van der Waals surface area contributed by atoms with Gasteiger partial charge >= 0.3 is 0 Å². The molecule has 3 heteroatoms. The molecule has 120 valence electrons. The maximum absolute atomic E-state index is 12.9. The topological polar surface area (TPSA) is 32.3 Å². The average molecular weight is 316 g/mol. The number of carbonyl (C=O) groups is 1. The molecular weight excluding hydrogens is 296 g/mol. The fourth-order valence-electron chi connectivity index (χ4n) is 2.73. The van der Waals surface area contributed by atoms with Gasteiger partial charge in [0.1, 0.15) is 5.82 Å². The highest BCUT2D eigenvalue weighted by molar-refractivity contribution is 6.11. The van der Waals surface area contributed by atoms with Crippen LogP contribution in [0.5, 0.6) is 0 Å². The highest BCUT2D eigenvalue weighted by Crippen LogP contribution is 2.20. The van der Waals surface area contributed by atoms with Gasteiger partial charge in [0.15, 0.2) is 5.78 Å². The summed E-state index contributed by atoms with van der Waals surface area (Å²) in [7, 11) is 1.85. The summed E-state index contributed by atoms with van der Waals surface area (Å²) >= 11 is 0. The number of nitrogens with one attached hydrogen (secondary N) is 1. The van der Waals surface area contributed by atoms with Gasteiger partial charge in [0.25, 0.3) is 0 Å². The Balaban J connectivity index is 1.97. The summed E-state index contributed by atoms with van der Waals surface area (Å²) in [6, 6.07) is 19.6. The van der Waals surface area contributed by atoms with Gasteiger partial charge in [0.05, 0.1) is 5.57 Å². The summed E-state index contributed by atoms with van der Waals surface area (Å²) in [5.41, 5.74) is 2.53. The Morgan fingerprint density at radius 2 is 1.62 bits per heavy atom. The van der Waals surface area contributed by atoms with Crippen LogP contribution in [-0.2, 0) is 6.54 Å². The van der Waals surface area contributed by atoms with Crippen LogP contribution in [0.2, 0.25) is 0 Å². The quantitative estimate of drug-likeness (QED) is 0.850. The van der Waals surface area contributed by atoms with Crippen LogP contribution < -0.4 is 5.32 Å². The van der Waals surface area contributed by atoms with Crippen LogP contribution in [0.1, 0.15) is 15.9 Å². The number of hydrogen-bond acceptors (Lipinski definition) is 3. The van der Waals surface area contributed by atoms with E-state index in [0.29, 0.717) is 17.7 Å². The summed E-state index contributed by atoms with van der Waals surface area (Å²) in [5, 5.41) is 3.20. The third-order valence-electron chi connectivity index (χ3n) is 3.90. The molecule has 1 N–H and O–H groups in total. The number of ketones is 1. The van der Waals surface area contributed by atoms with Crippen molar-refractivity contribution in [3.05, 3.63) is 108 Å². The molecule has 0 saturated carbocycles. The highest BCUT2D eigenvalue weighted by atomic mass is 16.1. The molecular formula is C21H20N2O. The first-order chi connectivity index (χ1) is 11.8. The molecule has 0 unspecified atom stereocenters. The van der Waals surface area contributed by atoms with Crippen molar-refractivity contribution in [3.8, 4) is 0 Å². The van der Waals surface area contributed by atoms with Crippen LogP contribution in [-0.4, -0.2) is 17.7 Å². The standard InChI is InChI=1S/C21H20N2O/c1-22-21-19(20(24)18-12-6-3-7-13-18)14-8-9-15-23(21)16-17-10-4-2-5-11-17/h2-15,22H,16H2,1H3. The molecule has 3 nitrogen and oxygen atoms in total. The van der Waals surface area contributed by atoms with E-state index >= 15 is 0 Å². The summed E-state index contributed by atoms with van der Waals surface area (Å²) < 4.78 is 0. The molecule has 2 aromatic rings. The number of allylic oxidation sites excluding steroid dienone is 4. The largest absolute Gasteiger partial charge is 0.374 e. The Hall–Kier alpha value is -3.07. The number of Topliss-reactive ketones (excluding diaryl/α,β-unsaturated/α-hetero) is 1. The van der Waals surface area contributed by atoms with Gasteiger partial charge in [-0.2, -0.15) is 0 Å². The molecule has 0 atom stereocenters. The van der Waals surface area contributed by atoms with Gasteiger partial charge in [-0.25, -0.2) is 0 Å². The fourth-order valence-corrected chi connectivity index (χ4v) is 2.73. The highest BCUT2D eigenvalue weighted by Gasteiger charge is 2.19. The molecule has 0 aromatic heterocycles. The summed E-state index contributed by atoms with van der Waals surface area (Å²) in [4.78, 5) is 15.0. The summed E-state index contributed by atoms with van der Waals surface area (Å²) in [6.07, 6.45) is 7.70. The minimum Gasteiger partial charge on any atom is -0.374 e. The lowest BCUT2D eigenvalue weighted by atomic mass is 10.0. The molecule has 3 rings (SSSR count). The van der Waals surface area contributed by atoms with Gasteiger partial charge in [-0.1, -0.05) is 66.7 Å². The van der Waals surface area contributed by atoms with Crippen molar-refractivity contribution in [2.24, 2.45) is 0 Å². The lowest BCUT2D eigenvalue weighted by Crippen LogP contribution is -2.28. The van der Waals surface area contributed by atoms with Crippen LogP contribution in [0, 0.1) is 0 Å². The predicted molar refractivity (Wildman–Crippen MR) is 97.1 cm³/mol. The molecule has 0 amide bonds. The molecule has 2 aromatic carbocycles. The fraction of sp³-hybridized carbons (Fsp3) is 0.0952. The van der Waals surface area contributed by atoms with Gasteiger partial charge in [0, 0.05) is 25.4 Å². The third-order valence-corrected chi connectivity index (χ3v) is 3.90. The minimum atomic E-state index is 0.0120. The van der Waals surface area contributed by atoms with E-state index in [1.807, 2.05) is 80.0 Å². The Morgan fingerprint density at radius 3 is 2.29 bits per heavy atom. The second-order valence-electron chi connectivity index (χ2n) is 5.52. The molecule has 1 aliphatic rings. The molecule has 0 radical (unpaired) electrons. The monoisotopic (exact) mass is 316 g/mol. The van der Waals surface area contributed by atoms with Crippen LogP contribution >= 0.6 is 0 Å². The molecule has 0 fully saturated rings. The van der Waals surface area contributed by atoms with Crippen molar-refractivity contribution < 1.29 is 4.79 Å². The van der Waals surface area contributed by atoms with E-state index in [-0.39, 0.29) is 5.78 Å². The number of rotatable bonds is 5. The van der Waals surface area contributed by atoms with Crippen LogP contribution in [0.25, 0.3) is 0 Å². The van der Waals surface area contributed by atoms with Crippen LogP contribution in [0.4, 0.5) is 0 Å². The molecule has 24 heavy (non-hydrogen) atoms. The number of benzene rings is 2. The van der Waals surface area contributed by atoms with Crippen LogP contribution in [0.3, 0.4) is 0 Å². The Kier molecular flexibility index (Phi) is 4.92. The molecule has 0 saturated heterocycles. The van der Waals surface area contributed by atoms with E-state index in [1.165, 1.54) is 5.56 Å². The first kappa shape index (κ1) is 15.8. The zero-order valence-electron chi connectivity index (χ0n) is 13.6. The van der Waals surface area contributed by atoms with Crippen LogP contribution in [0.15, 0.2) is 96.5 Å². The van der Waals surface area contributed by atoms with Crippen molar-refractivity contribution in [1.82, 2.24) is 10.2 Å². The van der Waals surface area contributed by atoms with E-state index in [9.17, 15) is 4.79 Å². The second-order valence-corrected chi connectivity index (χ2v) is 5.52. The van der Waals surface area contributed by atoms with Gasteiger partial charge in [-0.3, -0.25) is 4.79 Å². The number of hydrogen-bond donors (Lipinski definition) is 1. The molecule has 1 aliphatic heterocycles.